The van der Waals surface area contributed by atoms with E-state index in [2.05, 4.69) is 20.8 Å². The van der Waals surface area contributed by atoms with Gasteiger partial charge in [0.1, 0.15) is 0 Å². The van der Waals surface area contributed by atoms with Gasteiger partial charge in [0.2, 0.25) is 0 Å². The maximum absolute atomic E-state index is 2.62. The van der Waals surface area contributed by atoms with Crippen LogP contribution in [0.15, 0.2) is 0 Å². The average molecular weight is 403 g/mol. The molecular weight excluding hydrogens is 348 g/mol. The summed E-state index contributed by atoms with van der Waals surface area (Å²) in [5, 5.41) is 0. The van der Waals surface area contributed by atoms with Crippen LogP contribution in [0.25, 0.3) is 0 Å². The Bertz CT molecular complexity index is 421. The highest BCUT2D eigenvalue weighted by molar-refractivity contribution is 4.87. The van der Waals surface area contributed by atoms with Crippen LogP contribution < -0.4 is 0 Å². The summed E-state index contributed by atoms with van der Waals surface area (Å²) in [4.78, 5) is 0. The van der Waals surface area contributed by atoms with Crippen LogP contribution >= 0.6 is 0 Å². The van der Waals surface area contributed by atoms with Gasteiger partial charge in [0.25, 0.3) is 0 Å². The maximum Gasteiger partial charge on any atom is -0.0326 e. The summed E-state index contributed by atoms with van der Waals surface area (Å²) in [5.41, 5.74) is 0.569. The van der Waals surface area contributed by atoms with Crippen LogP contribution in [0.3, 0.4) is 0 Å². The van der Waals surface area contributed by atoms with Crippen LogP contribution in [-0.4, -0.2) is 0 Å². The van der Waals surface area contributed by atoms with Gasteiger partial charge < -0.3 is 0 Å². The minimum absolute atomic E-state index is 0.569. The molecule has 0 heterocycles. The number of rotatable bonds is 5. The number of hydrogen-bond donors (Lipinski definition) is 0. The van der Waals surface area contributed by atoms with Crippen molar-refractivity contribution in [3.05, 3.63) is 0 Å². The predicted octanol–water partition coefficient (Wildman–Crippen LogP) is 9.96. The van der Waals surface area contributed by atoms with Crippen molar-refractivity contribution in [2.24, 2.45) is 35.0 Å². The van der Waals surface area contributed by atoms with Crippen LogP contribution in [-0.2, 0) is 0 Å². The van der Waals surface area contributed by atoms with E-state index in [1.165, 1.54) is 96.3 Å². The van der Waals surface area contributed by atoms with Crippen molar-refractivity contribution in [3.63, 3.8) is 0 Å². The van der Waals surface area contributed by atoms with Crippen molar-refractivity contribution >= 4 is 0 Å². The minimum Gasteiger partial charge on any atom is -0.0651 e. The van der Waals surface area contributed by atoms with Gasteiger partial charge in [-0.25, -0.2) is 0 Å². The second kappa shape index (κ2) is 12.1. The molecule has 0 spiro atoms. The Labute approximate surface area is 184 Å². The average Bonchev–Trinajstić information content (AvgIpc) is 3.12. The minimum atomic E-state index is 0.569. The van der Waals surface area contributed by atoms with Gasteiger partial charge in [-0.1, -0.05) is 117 Å². The highest BCUT2D eigenvalue weighted by atomic mass is 14.4. The van der Waals surface area contributed by atoms with Crippen molar-refractivity contribution < 1.29 is 0 Å². The standard InChI is InChI=1S/C29H54/c1-4-24-14-8-6-5-7-11-21-29(2,3)28(19-12-15-24)20-13-16-25-22-26-17-9-10-18-27(26)23-25/h24-28H,4-23H2,1-3H3. The zero-order chi connectivity index (χ0) is 20.5. The van der Waals surface area contributed by atoms with Gasteiger partial charge in [-0.15, -0.1) is 0 Å². The lowest BCUT2D eigenvalue weighted by molar-refractivity contribution is 0.155. The van der Waals surface area contributed by atoms with Gasteiger partial charge in [-0.2, -0.15) is 0 Å². The molecule has 3 saturated carbocycles. The first kappa shape index (κ1) is 23.7. The van der Waals surface area contributed by atoms with Gasteiger partial charge in [0, 0.05) is 0 Å². The summed E-state index contributed by atoms with van der Waals surface area (Å²) < 4.78 is 0. The molecule has 3 aliphatic rings. The monoisotopic (exact) mass is 402 g/mol. The van der Waals surface area contributed by atoms with Gasteiger partial charge >= 0.3 is 0 Å². The molecule has 29 heavy (non-hydrogen) atoms. The first-order chi connectivity index (χ1) is 14.1. The van der Waals surface area contributed by atoms with E-state index in [1.54, 1.807) is 32.1 Å². The van der Waals surface area contributed by atoms with Crippen LogP contribution in [0.4, 0.5) is 0 Å². The topological polar surface area (TPSA) is 0 Å². The van der Waals surface area contributed by atoms with Crippen molar-refractivity contribution in [2.45, 2.75) is 149 Å². The van der Waals surface area contributed by atoms with Crippen molar-refractivity contribution in [2.75, 3.05) is 0 Å². The van der Waals surface area contributed by atoms with E-state index in [0.717, 1.165) is 29.6 Å². The van der Waals surface area contributed by atoms with Crippen LogP contribution in [0.2, 0.25) is 0 Å². The first-order valence-corrected chi connectivity index (χ1v) is 14.1. The van der Waals surface area contributed by atoms with Crippen molar-refractivity contribution in [3.8, 4) is 0 Å². The highest BCUT2D eigenvalue weighted by Crippen LogP contribution is 2.47. The van der Waals surface area contributed by atoms with Gasteiger partial charge in [-0.3, -0.25) is 0 Å². The summed E-state index contributed by atoms with van der Waals surface area (Å²) in [6, 6.07) is 0. The first-order valence-electron chi connectivity index (χ1n) is 14.1. The fourth-order valence-corrected chi connectivity index (χ4v) is 7.63. The smallest absolute Gasteiger partial charge is 0.0326 e. The Morgan fingerprint density at radius 3 is 1.97 bits per heavy atom. The molecule has 0 nitrogen and oxygen atoms in total. The largest absolute Gasteiger partial charge is 0.0651 e. The third-order valence-corrected chi connectivity index (χ3v) is 9.78. The molecule has 170 valence electrons. The zero-order valence-electron chi connectivity index (χ0n) is 20.5. The number of fused-ring (bicyclic) bond motifs is 1. The molecule has 0 saturated heterocycles. The van der Waals surface area contributed by atoms with Crippen molar-refractivity contribution in [1.82, 2.24) is 0 Å². The van der Waals surface area contributed by atoms with Crippen molar-refractivity contribution in [1.29, 1.82) is 0 Å². The van der Waals surface area contributed by atoms with E-state index in [-0.39, 0.29) is 0 Å². The fraction of sp³-hybridized carbons (Fsp3) is 1.00. The Hall–Kier alpha value is 0. The summed E-state index contributed by atoms with van der Waals surface area (Å²) >= 11 is 0. The highest BCUT2D eigenvalue weighted by Gasteiger charge is 2.35. The molecule has 3 fully saturated rings. The molecule has 0 heteroatoms. The summed E-state index contributed by atoms with van der Waals surface area (Å²) in [6.45, 7) is 7.68. The lowest BCUT2D eigenvalue weighted by atomic mass is 9.70. The lowest BCUT2D eigenvalue weighted by Crippen LogP contribution is -2.24. The van der Waals surface area contributed by atoms with Gasteiger partial charge in [-0.05, 0) is 67.1 Å². The molecule has 0 radical (unpaired) electrons. The Balaban J connectivity index is 1.48. The summed E-state index contributed by atoms with van der Waals surface area (Å²) in [5.74, 6) is 5.33. The molecule has 0 aromatic carbocycles. The zero-order valence-corrected chi connectivity index (χ0v) is 20.5. The molecule has 0 amide bonds. The van der Waals surface area contributed by atoms with E-state index < -0.39 is 0 Å². The fourth-order valence-electron chi connectivity index (χ4n) is 7.63. The van der Waals surface area contributed by atoms with Gasteiger partial charge in [0.05, 0.1) is 0 Å². The molecule has 4 unspecified atom stereocenters. The quantitative estimate of drug-likeness (QED) is 0.429. The van der Waals surface area contributed by atoms with E-state index in [4.69, 9.17) is 0 Å². The molecule has 0 aliphatic heterocycles. The van der Waals surface area contributed by atoms with Crippen LogP contribution in [0.5, 0.6) is 0 Å². The van der Waals surface area contributed by atoms with Crippen LogP contribution in [0, 0.1) is 35.0 Å². The summed E-state index contributed by atoms with van der Waals surface area (Å²) in [6.07, 6.45) is 30.3. The van der Waals surface area contributed by atoms with E-state index in [9.17, 15) is 0 Å². The second-order valence-corrected chi connectivity index (χ2v) is 12.3. The van der Waals surface area contributed by atoms with E-state index in [0.29, 0.717) is 5.41 Å². The third-order valence-electron chi connectivity index (χ3n) is 9.78. The summed E-state index contributed by atoms with van der Waals surface area (Å²) in [7, 11) is 0. The molecular formula is C29H54. The predicted molar refractivity (Wildman–Crippen MR) is 129 cm³/mol. The van der Waals surface area contributed by atoms with Gasteiger partial charge in [0.15, 0.2) is 0 Å². The Morgan fingerprint density at radius 2 is 1.24 bits per heavy atom. The maximum atomic E-state index is 2.62. The van der Waals surface area contributed by atoms with Crippen LogP contribution in [0.1, 0.15) is 149 Å². The lowest BCUT2D eigenvalue weighted by Gasteiger charge is -2.35. The van der Waals surface area contributed by atoms with E-state index in [1.807, 2.05) is 0 Å². The van der Waals surface area contributed by atoms with E-state index >= 15 is 0 Å². The Kier molecular flexibility index (Phi) is 9.91. The molecule has 3 aliphatic carbocycles. The molecule has 0 bridgehead atoms. The molecule has 3 rings (SSSR count). The molecule has 0 aromatic rings. The molecule has 4 atom stereocenters. The normalized spacial score (nSPS) is 37.1. The SMILES string of the molecule is CCC1CCCCCCCC(C)(C)C(CCCC2CC3CCCCC3C2)CCC1. The Morgan fingerprint density at radius 1 is 0.621 bits per heavy atom. The molecule has 0 N–H and O–H groups in total. The third kappa shape index (κ3) is 7.57. The second-order valence-electron chi connectivity index (χ2n) is 12.3. The molecule has 0 aromatic heterocycles. The number of hydrogen-bond acceptors (Lipinski definition) is 0.